The molecule has 0 radical (unpaired) electrons. The first kappa shape index (κ1) is 27.9. The predicted molar refractivity (Wildman–Crippen MR) is 141 cm³/mol. The molecule has 0 aromatic heterocycles. The van der Waals surface area contributed by atoms with Gasteiger partial charge in [0.25, 0.3) is 0 Å². The number of carbonyl (C=O) groups is 7. The fraction of sp³-hybridized carbons (Fsp3) is 0.367. The highest BCUT2D eigenvalue weighted by molar-refractivity contribution is 6.37. The first-order valence-corrected chi connectivity index (χ1v) is 12.9. The van der Waals surface area contributed by atoms with Gasteiger partial charge in [-0.05, 0) is 42.5 Å². The molecule has 3 unspecified atom stereocenters. The molecule has 9 heteroatoms. The number of carbonyl (C=O) groups excluding carboxylic acids is 7. The first-order valence-electron chi connectivity index (χ1n) is 12.9. The van der Waals surface area contributed by atoms with Gasteiger partial charge in [0, 0.05) is 39.9 Å². The Labute approximate surface area is 225 Å². The quantitative estimate of drug-likeness (QED) is 0.370. The van der Waals surface area contributed by atoms with E-state index in [-0.39, 0.29) is 45.2 Å². The van der Waals surface area contributed by atoms with Gasteiger partial charge in [-0.15, -0.1) is 0 Å². The van der Waals surface area contributed by atoms with Crippen LogP contribution >= 0.6 is 0 Å². The molecule has 9 nitrogen and oxygen atoms in total. The van der Waals surface area contributed by atoms with Crippen LogP contribution in [0.5, 0.6) is 0 Å². The minimum absolute atomic E-state index is 0.0206. The maximum absolute atomic E-state index is 13.3. The molecule has 0 fully saturated rings. The van der Waals surface area contributed by atoms with Crippen LogP contribution in [0.3, 0.4) is 0 Å². The molecule has 3 atom stereocenters. The number of nitrogens with one attached hydrogen (secondary N) is 1. The lowest BCUT2D eigenvalue weighted by molar-refractivity contribution is -0.123. The number of hydrogen-bond acceptors (Lipinski definition) is 8. The molecule has 202 valence electrons. The van der Waals surface area contributed by atoms with Gasteiger partial charge in [-0.2, -0.15) is 0 Å². The lowest BCUT2D eigenvalue weighted by Crippen LogP contribution is -2.40. The van der Waals surface area contributed by atoms with Crippen molar-refractivity contribution in [2.75, 3.05) is 6.54 Å². The van der Waals surface area contributed by atoms with E-state index in [1.165, 1.54) is 36.4 Å². The summed E-state index contributed by atoms with van der Waals surface area (Å²) in [6, 6.07) is 6.99. The lowest BCUT2D eigenvalue weighted by Gasteiger charge is -2.15. The number of benzene rings is 2. The van der Waals surface area contributed by atoms with Gasteiger partial charge < -0.3 is 11.1 Å². The highest BCUT2D eigenvalue weighted by atomic mass is 16.2. The normalized spacial score (nSPS) is 18.9. The number of fused-ring (bicyclic) bond motifs is 2. The monoisotopic (exact) mass is 530 g/mol. The highest BCUT2D eigenvalue weighted by Crippen LogP contribution is 2.32. The molecule has 1 amide bonds. The number of rotatable bonds is 9. The van der Waals surface area contributed by atoms with Crippen molar-refractivity contribution in [1.82, 2.24) is 5.32 Å². The van der Waals surface area contributed by atoms with Crippen molar-refractivity contribution in [2.24, 2.45) is 29.4 Å². The standard InChI is InChI=1S/C30H30N2O7/c1-13(2)9-21(31)29(38)22-25(34)17-7-5-15(10-19(17)27(22)36)24(33)16-6-8-18-20(11-16)28(37)23(26(18)35)30(39)32-12-14(3)4/h5-8,10-11,13-14,21-23H,9,12,31H2,1-4H3,(H,32,39). The highest BCUT2D eigenvalue weighted by Gasteiger charge is 2.46. The molecule has 2 aliphatic rings. The fourth-order valence-corrected chi connectivity index (χ4v) is 4.98. The van der Waals surface area contributed by atoms with Crippen LogP contribution in [0.25, 0.3) is 0 Å². The third-order valence-corrected chi connectivity index (χ3v) is 7.00. The van der Waals surface area contributed by atoms with Gasteiger partial charge in [0.2, 0.25) is 5.91 Å². The van der Waals surface area contributed by atoms with E-state index in [1.54, 1.807) is 0 Å². The van der Waals surface area contributed by atoms with E-state index in [0.717, 1.165) is 0 Å². The third-order valence-electron chi connectivity index (χ3n) is 7.00. The summed E-state index contributed by atoms with van der Waals surface area (Å²) < 4.78 is 0. The summed E-state index contributed by atoms with van der Waals surface area (Å²) in [5.41, 5.74) is 6.15. The Bertz CT molecular complexity index is 1450. The number of ketones is 6. The molecule has 3 N–H and O–H groups in total. The summed E-state index contributed by atoms with van der Waals surface area (Å²) in [5.74, 6) is -7.30. The largest absolute Gasteiger partial charge is 0.355 e. The Kier molecular flexibility index (Phi) is 7.57. The summed E-state index contributed by atoms with van der Waals surface area (Å²) in [5, 5.41) is 2.60. The average molecular weight is 531 g/mol. The van der Waals surface area contributed by atoms with E-state index in [1.807, 2.05) is 27.7 Å². The fourth-order valence-electron chi connectivity index (χ4n) is 4.98. The Balaban J connectivity index is 1.59. The van der Waals surface area contributed by atoms with Gasteiger partial charge in [-0.1, -0.05) is 39.8 Å². The second kappa shape index (κ2) is 10.6. The molecule has 39 heavy (non-hydrogen) atoms. The van der Waals surface area contributed by atoms with Crippen molar-refractivity contribution in [3.63, 3.8) is 0 Å². The number of nitrogens with two attached hydrogens (primary N) is 1. The molecule has 2 aromatic carbocycles. The van der Waals surface area contributed by atoms with E-state index in [0.29, 0.717) is 13.0 Å². The summed E-state index contributed by atoms with van der Waals surface area (Å²) in [6.45, 7) is 7.83. The number of Topliss-reactive ketones (excluding diaryl/α,β-unsaturated/α-hetero) is 5. The minimum atomic E-state index is -1.53. The Morgan fingerprint density at radius 3 is 1.67 bits per heavy atom. The third kappa shape index (κ3) is 5.02. The predicted octanol–water partition coefficient (Wildman–Crippen LogP) is 2.62. The first-order chi connectivity index (χ1) is 18.3. The Hall–Kier alpha value is -4.11. The molecule has 2 aromatic rings. The SMILES string of the molecule is CC(C)CNC(=O)C1C(=O)c2ccc(C(=O)c3ccc4c(c3)C(=O)C(C(=O)C(N)CC(C)C)C4=O)cc2C1=O. The van der Waals surface area contributed by atoms with Crippen molar-refractivity contribution >= 4 is 40.6 Å². The summed E-state index contributed by atoms with van der Waals surface area (Å²) in [4.78, 5) is 90.2. The smallest absolute Gasteiger partial charge is 0.238 e. The number of hydrogen-bond donors (Lipinski definition) is 2. The zero-order valence-electron chi connectivity index (χ0n) is 22.2. The van der Waals surface area contributed by atoms with E-state index in [9.17, 15) is 33.6 Å². The van der Waals surface area contributed by atoms with Crippen molar-refractivity contribution in [1.29, 1.82) is 0 Å². The van der Waals surface area contributed by atoms with Crippen LogP contribution in [0.4, 0.5) is 0 Å². The molecule has 0 saturated heterocycles. The Morgan fingerprint density at radius 1 is 0.718 bits per heavy atom. The minimum Gasteiger partial charge on any atom is -0.355 e. The zero-order valence-corrected chi connectivity index (χ0v) is 22.2. The molecule has 0 spiro atoms. The van der Waals surface area contributed by atoms with Crippen LogP contribution in [0, 0.1) is 23.7 Å². The Morgan fingerprint density at radius 2 is 1.18 bits per heavy atom. The van der Waals surface area contributed by atoms with Crippen molar-refractivity contribution < 1.29 is 33.6 Å². The summed E-state index contributed by atoms with van der Waals surface area (Å²) in [6.07, 6.45) is 0.329. The van der Waals surface area contributed by atoms with Crippen LogP contribution in [0.1, 0.15) is 91.5 Å². The van der Waals surface area contributed by atoms with Crippen molar-refractivity contribution in [3.8, 4) is 0 Å². The van der Waals surface area contributed by atoms with Crippen molar-refractivity contribution in [2.45, 2.75) is 40.2 Å². The lowest BCUT2D eigenvalue weighted by atomic mass is 9.90. The van der Waals surface area contributed by atoms with Gasteiger partial charge in [-0.3, -0.25) is 33.6 Å². The van der Waals surface area contributed by atoms with Gasteiger partial charge in [-0.25, -0.2) is 0 Å². The van der Waals surface area contributed by atoms with Gasteiger partial charge in [0.05, 0.1) is 6.04 Å². The van der Waals surface area contributed by atoms with E-state index in [4.69, 9.17) is 5.73 Å². The second-order valence-corrected chi connectivity index (χ2v) is 11.0. The van der Waals surface area contributed by atoms with E-state index < -0.39 is 58.5 Å². The van der Waals surface area contributed by atoms with E-state index in [2.05, 4.69) is 5.32 Å². The maximum Gasteiger partial charge on any atom is 0.238 e. The molecule has 0 saturated carbocycles. The van der Waals surface area contributed by atoms with Crippen LogP contribution < -0.4 is 11.1 Å². The molecule has 4 rings (SSSR count). The number of amides is 1. The van der Waals surface area contributed by atoms with Crippen LogP contribution in [0.2, 0.25) is 0 Å². The zero-order chi connectivity index (χ0) is 28.8. The second-order valence-electron chi connectivity index (χ2n) is 11.0. The van der Waals surface area contributed by atoms with Crippen molar-refractivity contribution in [3.05, 3.63) is 69.8 Å². The molecule has 0 heterocycles. The van der Waals surface area contributed by atoms with Gasteiger partial charge in [0.15, 0.2) is 40.6 Å². The molecular weight excluding hydrogens is 500 g/mol. The summed E-state index contributed by atoms with van der Waals surface area (Å²) >= 11 is 0. The maximum atomic E-state index is 13.3. The van der Waals surface area contributed by atoms with Crippen LogP contribution in [-0.4, -0.2) is 53.2 Å². The topological polar surface area (TPSA) is 158 Å². The van der Waals surface area contributed by atoms with Crippen LogP contribution in [-0.2, 0) is 9.59 Å². The van der Waals surface area contributed by atoms with E-state index >= 15 is 0 Å². The molecular formula is C30H30N2O7. The molecule has 2 aliphatic carbocycles. The van der Waals surface area contributed by atoms with Crippen LogP contribution in [0.15, 0.2) is 36.4 Å². The molecule has 0 bridgehead atoms. The van der Waals surface area contributed by atoms with Gasteiger partial charge in [0.1, 0.15) is 5.92 Å². The van der Waals surface area contributed by atoms with Gasteiger partial charge >= 0.3 is 0 Å². The average Bonchev–Trinajstić information content (AvgIpc) is 3.29. The molecule has 0 aliphatic heterocycles. The summed E-state index contributed by atoms with van der Waals surface area (Å²) in [7, 11) is 0.